The van der Waals surface area contributed by atoms with Crippen LogP contribution in [0.3, 0.4) is 0 Å². The van der Waals surface area contributed by atoms with Gasteiger partial charge < -0.3 is 5.32 Å². The average molecular weight is 311 g/mol. The van der Waals surface area contributed by atoms with Crippen LogP contribution in [0.4, 0.5) is 0 Å². The Morgan fingerprint density at radius 1 is 1.14 bits per heavy atom. The first-order chi connectivity index (χ1) is 10.00. The van der Waals surface area contributed by atoms with E-state index in [2.05, 4.69) is 43.4 Å². The quantitative estimate of drug-likeness (QED) is 0.718. The summed E-state index contributed by atoms with van der Waals surface area (Å²) in [5, 5.41) is 3.60. The van der Waals surface area contributed by atoms with Gasteiger partial charge >= 0.3 is 0 Å². The smallest absolute Gasteiger partial charge is 0.150 e. The summed E-state index contributed by atoms with van der Waals surface area (Å²) < 4.78 is 23.2. The number of benzene rings is 1. The summed E-state index contributed by atoms with van der Waals surface area (Å²) >= 11 is 0. The van der Waals surface area contributed by atoms with Gasteiger partial charge in [-0.25, -0.2) is 8.42 Å². The summed E-state index contributed by atoms with van der Waals surface area (Å²) in [6, 6.07) is 10.7. The molecule has 0 aliphatic heterocycles. The molecule has 2 unspecified atom stereocenters. The molecule has 0 fully saturated rings. The van der Waals surface area contributed by atoms with E-state index in [-0.39, 0.29) is 5.75 Å². The zero-order chi connectivity index (χ0) is 15.7. The van der Waals surface area contributed by atoms with Crippen LogP contribution in [-0.4, -0.2) is 26.5 Å². The molecule has 1 aromatic carbocycles. The molecule has 0 saturated heterocycles. The molecule has 0 aliphatic carbocycles. The lowest BCUT2D eigenvalue weighted by molar-refractivity contribution is 0.363. The average Bonchev–Trinajstić information content (AvgIpc) is 2.48. The molecule has 0 aromatic heterocycles. The third kappa shape index (κ3) is 6.62. The van der Waals surface area contributed by atoms with E-state index in [1.54, 1.807) is 6.92 Å². The minimum absolute atomic E-state index is 0.248. The standard InChI is InChI=1S/C17H29NO2S/c1-4-13-18-17(16-11-7-6-8-12-16)15(3)10-9-14-21(19,20)5-2/h6-8,11-12,15,17-18H,4-5,9-10,13-14H2,1-3H3. The molecule has 0 bridgehead atoms. The largest absolute Gasteiger partial charge is 0.310 e. The van der Waals surface area contributed by atoms with Gasteiger partial charge in [0.15, 0.2) is 0 Å². The monoisotopic (exact) mass is 311 g/mol. The van der Waals surface area contributed by atoms with Crippen LogP contribution in [0, 0.1) is 5.92 Å². The van der Waals surface area contributed by atoms with E-state index in [0.717, 1.165) is 25.8 Å². The van der Waals surface area contributed by atoms with Crippen LogP contribution >= 0.6 is 0 Å². The van der Waals surface area contributed by atoms with Crippen molar-refractivity contribution in [2.24, 2.45) is 5.92 Å². The zero-order valence-corrected chi connectivity index (χ0v) is 14.3. The van der Waals surface area contributed by atoms with Crippen molar-refractivity contribution in [3.05, 3.63) is 35.9 Å². The van der Waals surface area contributed by atoms with E-state index >= 15 is 0 Å². The molecule has 1 aromatic rings. The van der Waals surface area contributed by atoms with Crippen molar-refractivity contribution in [3.63, 3.8) is 0 Å². The van der Waals surface area contributed by atoms with Gasteiger partial charge in [-0.1, -0.05) is 51.1 Å². The van der Waals surface area contributed by atoms with Gasteiger partial charge in [-0.3, -0.25) is 0 Å². The third-order valence-electron chi connectivity index (χ3n) is 3.90. The van der Waals surface area contributed by atoms with Crippen LogP contribution in [0.1, 0.15) is 51.6 Å². The normalized spacial score (nSPS) is 14.8. The van der Waals surface area contributed by atoms with Gasteiger partial charge in [0.25, 0.3) is 0 Å². The summed E-state index contributed by atoms with van der Waals surface area (Å²) in [5.41, 5.74) is 1.29. The third-order valence-corrected chi connectivity index (χ3v) is 5.69. The molecule has 0 heterocycles. The van der Waals surface area contributed by atoms with Crippen LogP contribution in [0.15, 0.2) is 30.3 Å². The SMILES string of the molecule is CCCNC(c1ccccc1)C(C)CCCS(=O)(=O)CC. The fourth-order valence-corrected chi connectivity index (χ4v) is 3.44. The second-order valence-electron chi connectivity index (χ2n) is 5.70. The maximum Gasteiger partial charge on any atom is 0.150 e. The summed E-state index contributed by atoms with van der Waals surface area (Å²) in [6.45, 7) is 7.07. The Balaban J connectivity index is 2.62. The number of nitrogens with one attached hydrogen (secondary N) is 1. The molecular weight excluding hydrogens is 282 g/mol. The Labute approximate surface area is 130 Å². The lowest BCUT2D eigenvalue weighted by atomic mass is 9.91. The van der Waals surface area contributed by atoms with Gasteiger partial charge in [-0.2, -0.15) is 0 Å². The van der Waals surface area contributed by atoms with E-state index in [0.29, 0.717) is 17.7 Å². The van der Waals surface area contributed by atoms with Crippen molar-refractivity contribution in [1.29, 1.82) is 0 Å². The summed E-state index contributed by atoms with van der Waals surface area (Å²) in [5.74, 6) is 0.978. The molecule has 1 N–H and O–H groups in total. The zero-order valence-electron chi connectivity index (χ0n) is 13.5. The molecule has 21 heavy (non-hydrogen) atoms. The Kier molecular flexibility index (Phi) is 7.97. The molecule has 0 saturated carbocycles. The maximum absolute atomic E-state index is 11.6. The fraction of sp³-hybridized carbons (Fsp3) is 0.647. The van der Waals surface area contributed by atoms with Crippen LogP contribution in [0.25, 0.3) is 0 Å². The van der Waals surface area contributed by atoms with Gasteiger partial charge in [0.2, 0.25) is 0 Å². The number of hydrogen-bond donors (Lipinski definition) is 1. The minimum Gasteiger partial charge on any atom is -0.310 e. The first-order valence-electron chi connectivity index (χ1n) is 7.99. The number of hydrogen-bond acceptors (Lipinski definition) is 3. The first-order valence-corrected chi connectivity index (χ1v) is 9.81. The molecule has 1 rings (SSSR count). The van der Waals surface area contributed by atoms with Crippen molar-refractivity contribution in [3.8, 4) is 0 Å². The molecule has 0 spiro atoms. The molecule has 0 amide bonds. The first kappa shape index (κ1) is 18.2. The Morgan fingerprint density at radius 3 is 2.38 bits per heavy atom. The lowest BCUT2D eigenvalue weighted by Gasteiger charge is -2.26. The van der Waals surface area contributed by atoms with E-state index in [4.69, 9.17) is 0 Å². The van der Waals surface area contributed by atoms with Gasteiger partial charge in [0.05, 0.1) is 5.75 Å². The number of rotatable bonds is 10. The lowest BCUT2D eigenvalue weighted by Crippen LogP contribution is -2.28. The van der Waals surface area contributed by atoms with E-state index in [9.17, 15) is 8.42 Å². The molecule has 0 radical (unpaired) electrons. The highest BCUT2D eigenvalue weighted by atomic mass is 32.2. The van der Waals surface area contributed by atoms with Gasteiger partial charge in [-0.15, -0.1) is 0 Å². The van der Waals surface area contributed by atoms with Crippen LogP contribution in [-0.2, 0) is 9.84 Å². The van der Waals surface area contributed by atoms with E-state index in [1.807, 2.05) is 6.07 Å². The van der Waals surface area contributed by atoms with Crippen LogP contribution < -0.4 is 5.32 Å². The fourth-order valence-electron chi connectivity index (χ4n) is 2.54. The summed E-state index contributed by atoms with van der Waals surface area (Å²) in [7, 11) is -2.84. The van der Waals surface area contributed by atoms with Crippen molar-refractivity contribution < 1.29 is 8.42 Å². The molecular formula is C17H29NO2S. The minimum atomic E-state index is -2.84. The maximum atomic E-state index is 11.6. The highest BCUT2D eigenvalue weighted by Crippen LogP contribution is 2.25. The molecule has 120 valence electrons. The van der Waals surface area contributed by atoms with Crippen molar-refractivity contribution >= 4 is 9.84 Å². The van der Waals surface area contributed by atoms with Crippen molar-refractivity contribution in [1.82, 2.24) is 5.32 Å². The van der Waals surface area contributed by atoms with Crippen molar-refractivity contribution in [2.45, 2.75) is 46.1 Å². The van der Waals surface area contributed by atoms with Crippen LogP contribution in [0.5, 0.6) is 0 Å². The highest BCUT2D eigenvalue weighted by Gasteiger charge is 2.19. The second-order valence-corrected chi connectivity index (χ2v) is 8.17. The molecule has 4 heteroatoms. The highest BCUT2D eigenvalue weighted by molar-refractivity contribution is 7.91. The van der Waals surface area contributed by atoms with E-state index in [1.165, 1.54) is 5.56 Å². The summed E-state index contributed by atoms with van der Waals surface area (Å²) in [6.07, 6.45) is 2.77. The van der Waals surface area contributed by atoms with Gasteiger partial charge in [0, 0.05) is 11.8 Å². The Hall–Kier alpha value is -0.870. The molecule has 3 nitrogen and oxygen atoms in total. The van der Waals surface area contributed by atoms with Gasteiger partial charge in [0.1, 0.15) is 9.84 Å². The second kappa shape index (κ2) is 9.21. The van der Waals surface area contributed by atoms with Crippen molar-refractivity contribution in [2.75, 3.05) is 18.1 Å². The van der Waals surface area contributed by atoms with Gasteiger partial charge in [-0.05, 0) is 37.3 Å². The predicted octanol–water partition coefficient (Wildman–Crippen LogP) is 3.58. The van der Waals surface area contributed by atoms with E-state index < -0.39 is 9.84 Å². The molecule has 2 atom stereocenters. The van der Waals surface area contributed by atoms with Crippen LogP contribution in [0.2, 0.25) is 0 Å². The summed E-state index contributed by atoms with van der Waals surface area (Å²) in [4.78, 5) is 0. The Morgan fingerprint density at radius 2 is 1.81 bits per heavy atom. The number of sulfone groups is 1. The topological polar surface area (TPSA) is 46.2 Å². The Bertz CT molecular complexity index is 485. The molecule has 0 aliphatic rings. The predicted molar refractivity (Wildman–Crippen MR) is 90.2 cm³/mol.